The first kappa shape index (κ1) is 13.7. The van der Waals surface area contributed by atoms with Crippen molar-refractivity contribution in [2.75, 3.05) is 20.3 Å². The highest BCUT2D eigenvalue weighted by Gasteiger charge is 2.05. The van der Waals surface area contributed by atoms with Crippen molar-refractivity contribution in [2.45, 2.75) is 19.4 Å². The zero-order chi connectivity index (χ0) is 12.5. The molecule has 1 aromatic carbocycles. The summed E-state index contributed by atoms with van der Waals surface area (Å²) in [7, 11) is 1.65. The summed E-state index contributed by atoms with van der Waals surface area (Å²) in [6.45, 7) is 1.78. The predicted molar refractivity (Wildman–Crippen MR) is 67.5 cm³/mol. The lowest BCUT2D eigenvalue weighted by molar-refractivity contribution is -0.120. The molecule has 17 heavy (non-hydrogen) atoms. The number of ether oxygens (including phenoxy) is 1. The number of carbonyl (C=O) groups is 1. The predicted octanol–water partition coefficient (Wildman–Crippen LogP) is 0.840. The quantitative estimate of drug-likeness (QED) is 0.690. The Morgan fingerprint density at radius 2 is 2.06 bits per heavy atom. The molecule has 0 atom stereocenters. The zero-order valence-electron chi connectivity index (χ0n) is 10.2. The van der Waals surface area contributed by atoms with Crippen LogP contribution in [0.4, 0.5) is 0 Å². The van der Waals surface area contributed by atoms with Crippen LogP contribution in [0.15, 0.2) is 24.3 Å². The average Bonchev–Trinajstić information content (AvgIpc) is 2.35. The number of hydrogen-bond acceptors (Lipinski definition) is 3. The topological polar surface area (TPSA) is 64.3 Å². The molecule has 0 unspecified atom stereocenters. The van der Waals surface area contributed by atoms with Gasteiger partial charge in [0.05, 0.1) is 6.42 Å². The molecule has 1 amide bonds. The second kappa shape index (κ2) is 7.81. The van der Waals surface area contributed by atoms with Crippen LogP contribution in [0.2, 0.25) is 0 Å². The molecule has 0 aliphatic rings. The van der Waals surface area contributed by atoms with E-state index in [1.807, 2.05) is 24.3 Å². The highest BCUT2D eigenvalue weighted by molar-refractivity contribution is 5.78. The minimum Gasteiger partial charge on any atom is -0.385 e. The molecule has 0 aliphatic heterocycles. The lowest BCUT2D eigenvalue weighted by Crippen LogP contribution is -2.27. The van der Waals surface area contributed by atoms with E-state index in [9.17, 15) is 4.79 Å². The summed E-state index contributed by atoms with van der Waals surface area (Å²) in [6.07, 6.45) is 1.22. The fraction of sp³-hybridized carbons (Fsp3) is 0.462. The smallest absolute Gasteiger partial charge is 0.224 e. The van der Waals surface area contributed by atoms with Gasteiger partial charge in [-0.2, -0.15) is 0 Å². The fourth-order valence-electron chi connectivity index (χ4n) is 1.61. The van der Waals surface area contributed by atoms with Gasteiger partial charge in [-0.15, -0.1) is 0 Å². The van der Waals surface area contributed by atoms with Crippen LogP contribution in [0.5, 0.6) is 0 Å². The number of amides is 1. The van der Waals surface area contributed by atoms with Crippen LogP contribution < -0.4 is 11.1 Å². The van der Waals surface area contributed by atoms with E-state index < -0.39 is 0 Å². The van der Waals surface area contributed by atoms with Gasteiger partial charge in [0.2, 0.25) is 5.91 Å². The first-order valence-electron chi connectivity index (χ1n) is 5.80. The molecule has 0 saturated carbocycles. The van der Waals surface area contributed by atoms with Crippen molar-refractivity contribution < 1.29 is 9.53 Å². The zero-order valence-corrected chi connectivity index (χ0v) is 10.2. The highest BCUT2D eigenvalue weighted by Crippen LogP contribution is 2.08. The Morgan fingerprint density at radius 3 is 2.71 bits per heavy atom. The molecule has 3 N–H and O–H groups in total. The highest BCUT2D eigenvalue weighted by atomic mass is 16.5. The second-order valence-electron chi connectivity index (χ2n) is 3.85. The number of nitrogens with two attached hydrogens (primary N) is 1. The maximum atomic E-state index is 11.7. The van der Waals surface area contributed by atoms with E-state index in [1.54, 1.807) is 7.11 Å². The molecule has 4 nitrogen and oxygen atoms in total. The average molecular weight is 236 g/mol. The Kier molecular flexibility index (Phi) is 6.29. The number of nitrogens with one attached hydrogen (secondary N) is 1. The van der Waals surface area contributed by atoms with Crippen LogP contribution in [0.1, 0.15) is 17.5 Å². The molecule has 0 fully saturated rings. The van der Waals surface area contributed by atoms with Crippen molar-refractivity contribution in [3.63, 3.8) is 0 Å². The Bertz CT molecular complexity index is 353. The maximum Gasteiger partial charge on any atom is 0.224 e. The van der Waals surface area contributed by atoms with Gasteiger partial charge in [0.25, 0.3) is 0 Å². The Balaban J connectivity index is 2.39. The number of methoxy groups -OCH3 is 1. The van der Waals surface area contributed by atoms with Gasteiger partial charge in [0.15, 0.2) is 0 Å². The fourth-order valence-corrected chi connectivity index (χ4v) is 1.61. The third-order valence-corrected chi connectivity index (χ3v) is 2.54. The molecule has 0 radical (unpaired) electrons. The Labute approximate surface area is 102 Å². The molecule has 1 aromatic rings. The molecule has 0 saturated heterocycles. The van der Waals surface area contributed by atoms with Crippen LogP contribution in [0, 0.1) is 0 Å². The number of rotatable bonds is 7. The lowest BCUT2D eigenvalue weighted by atomic mass is 10.0. The lowest BCUT2D eigenvalue weighted by Gasteiger charge is -2.08. The van der Waals surface area contributed by atoms with Crippen LogP contribution in [0.25, 0.3) is 0 Å². The molecule has 4 heteroatoms. The number of benzene rings is 1. The molecule has 0 aliphatic carbocycles. The summed E-state index contributed by atoms with van der Waals surface area (Å²) in [6, 6.07) is 7.75. The van der Waals surface area contributed by atoms with Crippen molar-refractivity contribution in [1.82, 2.24) is 5.32 Å². The third-order valence-electron chi connectivity index (χ3n) is 2.54. The van der Waals surface area contributed by atoms with Crippen molar-refractivity contribution in [2.24, 2.45) is 5.73 Å². The van der Waals surface area contributed by atoms with Crippen molar-refractivity contribution in [1.29, 1.82) is 0 Å². The van der Waals surface area contributed by atoms with Crippen molar-refractivity contribution in [3.8, 4) is 0 Å². The summed E-state index contributed by atoms with van der Waals surface area (Å²) < 4.78 is 4.91. The summed E-state index contributed by atoms with van der Waals surface area (Å²) in [5.41, 5.74) is 7.64. The van der Waals surface area contributed by atoms with Gasteiger partial charge in [0, 0.05) is 26.8 Å². The minimum atomic E-state index is 0.0296. The minimum absolute atomic E-state index is 0.0296. The van der Waals surface area contributed by atoms with Gasteiger partial charge in [-0.05, 0) is 17.5 Å². The standard InChI is InChI=1S/C13H20N2O2/c1-17-8-4-7-15-13(16)9-11-5-2-3-6-12(11)10-14/h2-3,5-6H,4,7-10,14H2,1H3,(H,15,16). The molecular formula is C13H20N2O2. The van der Waals surface area contributed by atoms with Gasteiger partial charge in [-0.25, -0.2) is 0 Å². The normalized spacial score (nSPS) is 10.2. The van der Waals surface area contributed by atoms with E-state index in [-0.39, 0.29) is 5.91 Å². The third kappa shape index (κ3) is 4.97. The maximum absolute atomic E-state index is 11.7. The Morgan fingerprint density at radius 1 is 1.35 bits per heavy atom. The molecule has 0 aromatic heterocycles. The van der Waals surface area contributed by atoms with E-state index in [2.05, 4.69) is 5.32 Å². The van der Waals surface area contributed by atoms with Crippen LogP contribution in [-0.2, 0) is 22.5 Å². The molecule has 0 heterocycles. The molecule has 1 rings (SSSR count). The van der Waals surface area contributed by atoms with E-state index in [0.717, 1.165) is 17.5 Å². The van der Waals surface area contributed by atoms with Crippen LogP contribution in [0.3, 0.4) is 0 Å². The number of carbonyl (C=O) groups excluding carboxylic acids is 1. The van der Waals surface area contributed by atoms with Gasteiger partial charge < -0.3 is 15.8 Å². The van der Waals surface area contributed by atoms with Gasteiger partial charge >= 0.3 is 0 Å². The number of hydrogen-bond donors (Lipinski definition) is 2. The monoisotopic (exact) mass is 236 g/mol. The second-order valence-corrected chi connectivity index (χ2v) is 3.85. The van der Waals surface area contributed by atoms with E-state index in [1.165, 1.54) is 0 Å². The summed E-state index contributed by atoms with van der Waals surface area (Å²) in [5, 5.41) is 2.86. The largest absolute Gasteiger partial charge is 0.385 e. The van der Waals surface area contributed by atoms with Gasteiger partial charge in [-0.1, -0.05) is 24.3 Å². The van der Waals surface area contributed by atoms with E-state index >= 15 is 0 Å². The van der Waals surface area contributed by atoms with Crippen molar-refractivity contribution >= 4 is 5.91 Å². The molecule has 94 valence electrons. The molecular weight excluding hydrogens is 216 g/mol. The van der Waals surface area contributed by atoms with E-state index in [4.69, 9.17) is 10.5 Å². The Hall–Kier alpha value is -1.39. The SMILES string of the molecule is COCCCNC(=O)Cc1ccccc1CN. The first-order chi connectivity index (χ1) is 8.27. The molecule has 0 bridgehead atoms. The summed E-state index contributed by atoms with van der Waals surface area (Å²) >= 11 is 0. The molecule has 0 spiro atoms. The van der Waals surface area contributed by atoms with Crippen LogP contribution in [-0.4, -0.2) is 26.2 Å². The summed E-state index contributed by atoms with van der Waals surface area (Å²) in [4.78, 5) is 11.7. The summed E-state index contributed by atoms with van der Waals surface area (Å²) in [5.74, 6) is 0.0296. The first-order valence-corrected chi connectivity index (χ1v) is 5.80. The van der Waals surface area contributed by atoms with Gasteiger partial charge in [-0.3, -0.25) is 4.79 Å². The van der Waals surface area contributed by atoms with E-state index in [0.29, 0.717) is 26.1 Å². The van der Waals surface area contributed by atoms with Crippen LogP contribution >= 0.6 is 0 Å². The van der Waals surface area contributed by atoms with Crippen molar-refractivity contribution in [3.05, 3.63) is 35.4 Å². The van der Waals surface area contributed by atoms with Gasteiger partial charge in [0.1, 0.15) is 0 Å².